The van der Waals surface area contributed by atoms with Crippen molar-refractivity contribution in [1.29, 1.82) is 0 Å². The summed E-state index contributed by atoms with van der Waals surface area (Å²) in [6.45, 7) is 6.79. The van der Waals surface area contributed by atoms with E-state index in [9.17, 15) is 0 Å². The first-order valence-corrected chi connectivity index (χ1v) is 7.87. The van der Waals surface area contributed by atoms with Gasteiger partial charge in [0.1, 0.15) is 0 Å². The van der Waals surface area contributed by atoms with Crippen LogP contribution in [-0.2, 0) is 6.42 Å². The second kappa shape index (κ2) is 4.92. The number of benzene rings is 2. The van der Waals surface area contributed by atoms with E-state index in [1.165, 1.54) is 22.4 Å². The Bertz CT molecular complexity index is 646. The monoisotopic (exact) mass is 329 g/mol. The Morgan fingerprint density at radius 2 is 1.90 bits per heavy atom. The van der Waals surface area contributed by atoms with E-state index in [1.807, 2.05) is 0 Å². The highest BCUT2D eigenvalue weighted by molar-refractivity contribution is 9.10. The maximum Gasteiger partial charge on any atom is 0.0571 e. The molecular formula is C18H20BrN. The minimum Gasteiger partial charge on any atom is -0.377 e. The van der Waals surface area contributed by atoms with E-state index < -0.39 is 0 Å². The van der Waals surface area contributed by atoms with Gasteiger partial charge in [-0.15, -0.1) is 0 Å². The first kappa shape index (κ1) is 13.7. The zero-order chi connectivity index (χ0) is 14.3. The van der Waals surface area contributed by atoms with Gasteiger partial charge in [-0.2, -0.15) is 0 Å². The van der Waals surface area contributed by atoms with Crippen LogP contribution in [0.4, 0.5) is 5.69 Å². The summed E-state index contributed by atoms with van der Waals surface area (Å²) in [5.41, 5.74) is 5.58. The molecule has 1 aliphatic rings. The van der Waals surface area contributed by atoms with Crippen molar-refractivity contribution in [3.63, 3.8) is 0 Å². The summed E-state index contributed by atoms with van der Waals surface area (Å²) < 4.78 is 1.14. The lowest BCUT2D eigenvalue weighted by molar-refractivity contribution is 0.337. The van der Waals surface area contributed by atoms with Gasteiger partial charge >= 0.3 is 0 Å². The van der Waals surface area contributed by atoms with Gasteiger partial charge in [0.05, 0.1) is 6.04 Å². The van der Waals surface area contributed by atoms with E-state index in [0.717, 1.165) is 10.9 Å². The Hall–Kier alpha value is -1.28. The third-order valence-electron chi connectivity index (χ3n) is 4.22. The van der Waals surface area contributed by atoms with Gasteiger partial charge in [0.15, 0.2) is 0 Å². The van der Waals surface area contributed by atoms with E-state index in [0.29, 0.717) is 6.04 Å². The molecule has 0 spiro atoms. The largest absolute Gasteiger partial charge is 0.377 e. The van der Waals surface area contributed by atoms with Crippen LogP contribution in [0.25, 0.3) is 0 Å². The van der Waals surface area contributed by atoms with Gasteiger partial charge in [0, 0.05) is 10.2 Å². The molecule has 1 N–H and O–H groups in total. The van der Waals surface area contributed by atoms with Crippen LogP contribution in [0, 0.1) is 12.3 Å². The van der Waals surface area contributed by atoms with Crippen LogP contribution in [0.3, 0.4) is 0 Å². The lowest BCUT2D eigenvalue weighted by Crippen LogP contribution is -2.24. The molecule has 0 saturated carbocycles. The van der Waals surface area contributed by atoms with Crippen molar-refractivity contribution in [2.45, 2.75) is 33.2 Å². The number of rotatable bonds is 2. The minimum absolute atomic E-state index is 0.230. The molecule has 2 aromatic rings. The van der Waals surface area contributed by atoms with E-state index in [2.05, 4.69) is 84.5 Å². The van der Waals surface area contributed by atoms with Crippen LogP contribution in [-0.4, -0.2) is 0 Å². The summed E-state index contributed by atoms with van der Waals surface area (Å²) in [7, 11) is 0. The van der Waals surface area contributed by atoms with Crippen molar-refractivity contribution < 1.29 is 0 Å². The summed E-state index contributed by atoms with van der Waals surface area (Å²) in [5.74, 6) is 0. The Labute approximate surface area is 129 Å². The molecule has 20 heavy (non-hydrogen) atoms. The number of halogens is 1. The molecule has 0 amide bonds. The molecule has 1 nitrogen and oxygen atoms in total. The van der Waals surface area contributed by atoms with Gasteiger partial charge in [-0.05, 0) is 63.5 Å². The number of hydrogen-bond donors (Lipinski definition) is 1. The van der Waals surface area contributed by atoms with Gasteiger partial charge in [0.2, 0.25) is 0 Å². The first-order valence-electron chi connectivity index (χ1n) is 7.08. The summed E-state index contributed by atoms with van der Waals surface area (Å²) in [6.07, 6.45) is 1.13. The summed E-state index contributed by atoms with van der Waals surface area (Å²) in [4.78, 5) is 0. The molecule has 2 aromatic carbocycles. The van der Waals surface area contributed by atoms with Crippen LogP contribution >= 0.6 is 15.9 Å². The molecule has 0 fully saturated rings. The lowest BCUT2D eigenvalue weighted by atomic mass is 9.85. The van der Waals surface area contributed by atoms with Crippen LogP contribution in [0.2, 0.25) is 0 Å². The second-order valence-corrected chi connectivity index (χ2v) is 7.28. The molecule has 1 aliphatic carbocycles. The smallest absolute Gasteiger partial charge is 0.0571 e. The zero-order valence-electron chi connectivity index (χ0n) is 12.2. The van der Waals surface area contributed by atoms with Gasteiger partial charge < -0.3 is 5.32 Å². The summed E-state index contributed by atoms with van der Waals surface area (Å²) in [6, 6.07) is 15.6. The molecular weight excluding hydrogens is 310 g/mol. The number of hydrogen-bond acceptors (Lipinski definition) is 1. The number of nitrogens with one attached hydrogen (secondary N) is 1. The fourth-order valence-corrected chi connectivity index (χ4v) is 3.76. The normalized spacial score (nSPS) is 19.7. The molecule has 1 unspecified atom stereocenters. The number of fused-ring (bicyclic) bond motifs is 1. The van der Waals surface area contributed by atoms with Crippen LogP contribution < -0.4 is 5.32 Å². The SMILES string of the molecule is Cc1ccc(NC2c3ccccc3CC2(C)C)c(Br)c1. The average Bonchev–Trinajstić information content (AvgIpc) is 2.63. The quantitative estimate of drug-likeness (QED) is 0.767. The van der Waals surface area contributed by atoms with Crippen LogP contribution in [0.5, 0.6) is 0 Å². The van der Waals surface area contributed by atoms with Crippen LogP contribution in [0.1, 0.15) is 36.6 Å². The van der Waals surface area contributed by atoms with Gasteiger partial charge in [-0.1, -0.05) is 44.2 Å². The van der Waals surface area contributed by atoms with Crippen molar-refractivity contribution in [3.8, 4) is 0 Å². The molecule has 3 rings (SSSR count). The minimum atomic E-state index is 0.230. The Balaban J connectivity index is 1.97. The van der Waals surface area contributed by atoms with Gasteiger partial charge in [-0.3, -0.25) is 0 Å². The van der Waals surface area contributed by atoms with Gasteiger partial charge in [0.25, 0.3) is 0 Å². The third-order valence-corrected chi connectivity index (χ3v) is 4.87. The van der Waals surface area contributed by atoms with Crippen molar-refractivity contribution in [2.24, 2.45) is 5.41 Å². The molecule has 0 aliphatic heterocycles. The molecule has 0 radical (unpaired) electrons. The molecule has 0 bridgehead atoms. The molecule has 0 heterocycles. The molecule has 0 aromatic heterocycles. The Morgan fingerprint density at radius 1 is 1.15 bits per heavy atom. The first-order chi connectivity index (χ1) is 9.47. The molecule has 104 valence electrons. The highest BCUT2D eigenvalue weighted by Gasteiger charge is 2.38. The van der Waals surface area contributed by atoms with Crippen molar-refractivity contribution in [1.82, 2.24) is 0 Å². The number of aryl methyl sites for hydroxylation is 1. The van der Waals surface area contributed by atoms with E-state index >= 15 is 0 Å². The average molecular weight is 330 g/mol. The van der Waals surface area contributed by atoms with Crippen molar-refractivity contribution in [3.05, 3.63) is 63.6 Å². The maximum absolute atomic E-state index is 3.74. The predicted octanol–water partition coefficient (Wildman–Crippen LogP) is 5.49. The standard InChI is InChI=1S/C18H20BrN/c1-12-8-9-16(15(19)10-12)20-17-14-7-5-4-6-13(14)11-18(17,2)3/h4-10,17,20H,11H2,1-3H3. The topological polar surface area (TPSA) is 12.0 Å². The summed E-state index contributed by atoms with van der Waals surface area (Å²) >= 11 is 3.67. The predicted molar refractivity (Wildman–Crippen MR) is 89.2 cm³/mol. The highest BCUT2D eigenvalue weighted by Crippen LogP contribution is 2.47. The van der Waals surface area contributed by atoms with E-state index in [4.69, 9.17) is 0 Å². The summed E-state index contributed by atoms with van der Waals surface area (Å²) in [5, 5.41) is 3.74. The maximum atomic E-state index is 3.74. The van der Waals surface area contributed by atoms with Crippen molar-refractivity contribution in [2.75, 3.05) is 5.32 Å². The number of anilines is 1. The highest BCUT2D eigenvalue weighted by atomic mass is 79.9. The van der Waals surface area contributed by atoms with Crippen molar-refractivity contribution >= 4 is 21.6 Å². The van der Waals surface area contributed by atoms with E-state index in [1.54, 1.807) is 0 Å². The van der Waals surface area contributed by atoms with Crippen LogP contribution in [0.15, 0.2) is 46.9 Å². The molecule has 2 heteroatoms. The zero-order valence-corrected chi connectivity index (χ0v) is 13.8. The van der Waals surface area contributed by atoms with E-state index in [-0.39, 0.29) is 5.41 Å². The second-order valence-electron chi connectivity index (χ2n) is 6.42. The van der Waals surface area contributed by atoms with Gasteiger partial charge in [-0.25, -0.2) is 0 Å². The molecule has 1 atom stereocenters. The fraction of sp³-hybridized carbons (Fsp3) is 0.333. The lowest BCUT2D eigenvalue weighted by Gasteiger charge is -2.30. The third kappa shape index (κ3) is 2.37. The molecule has 0 saturated heterocycles. The Morgan fingerprint density at radius 3 is 2.65 bits per heavy atom. The fourth-order valence-electron chi connectivity index (χ4n) is 3.16. The Kier molecular flexibility index (Phi) is 3.37.